The van der Waals surface area contributed by atoms with Gasteiger partial charge in [0.15, 0.2) is 5.84 Å². The number of nitrogens with one attached hydrogen (secondary N) is 2. The molecule has 0 radical (unpaired) electrons. The van der Waals surface area contributed by atoms with Gasteiger partial charge in [0.05, 0.1) is 29.0 Å². The molecule has 4 aromatic rings. The van der Waals surface area contributed by atoms with Crippen LogP contribution in [-0.4, -0.2) is 61.8 Å². The van der Waals surface area contributed by atoms with Crippen LogP contribution in [0.15, 0.2) is 66.2 Å². The summed E-state index contributed by atoms with van der Waals surface area (Å²) in [5.74, 6) is 11.5. The Labute approximate surface area is 229 Å². The summed E-state index contributed by atoms with van der Waals surface area (Å²) in [5.41, 5.74) is 1.22. The van der Waals surface area contributed by atoms with Gasteiger partial charge in [0.2, 0.25) is 0 Å². The number of pyridine rings is 2. The van der Waals surface area contributed by atoms with Gasteiger partial charge in [0, 0.05) is 48.3 Å². The summed E-state index contributed by atoms with van der Waals surface area (Å²) in [4.78, 5) is 21.9. The van der Waals surface area contributed by atoms with E-state index in [1.165, 1.54) is 31.3 Å². The highest BCUT2D eigenvalue weighted by Gasteiger charge is 2.27. The highest BCUT2D eigenvalue weighted by Crippen LogP contribution is 2.26. The molecule has 0 fully saturated rings. The third-order valence-corrected chi connectivity index (χ3v) is 6.12. The number of nitriles is 1. The fourth-order valence-electron chi connectivity index (χ4n) is 3.89. The van der Waals surface area contributed by atoms with E-state index in [1.807, 2.05) is 0 Å². The number of aromatic nitrogens is 3. The average Bonchev–Trinajstić information content (AvgIpc) is 3.35. The monoisotopic (exact) mass is 544 g/mol. The van der Waals surface area contributed by atoms with Crippen molar-refractivity contribution in [2.24, 2.45) is 16.8 Å². The summed E-state index contributed by atoms with van der Waals surface area (Å²) in [6.07, 6.45) is 2.92. The third kappa shape index (κ3) is 5.98. The SMILES string of the molecule is CN(N)/C(=N\N)c1ccc(Nc2cc(-n3ccc4cc(C#N)cnc43)ncc2C(=O)NCC(F)C(C)(C)O)cc1. The van der Waals surface area contributed by atoms with Crippen molar-refractivity contribution in [1.29, 1.82) is 5.26 Å². The lowest BCUT2D eigenvalue weighted by atomic mass is 10.0. The molecule has 4 rings (SSSR count). The van der Waals surface area contributed by atoms with Gasteiger partial charge in [-0.15, -0.1) is 0 Å². The number of fused-ring (bicyclic) bond motifs is 1. The van der Waals surface area contributed by atoms with Crippen LogP contribution in [0.25, 0.3) is 16.9 Å². The Bertz CT molecular complexity index is 1600. The number of halogens is 1. The van der Waals surface area contributed by atoms with E-state index >= 15 is 0 Å². The molecule has 1 aromatic carbocycles. The lowest BCUT2D eigenvalue weighted by Crippen LogP contribution is -2.42. The first-order chi connectivity index (χ1) is 19.0. The van der Waals surface area contributed by atoms with Crippen LogP contribution in [0.3, 0.4) is 0 Å². The van der Waals surface area contributed by atoms with Crippen LogP contribution in [-0.2, 0) is 0 Å². The van der Waals surface area contributed by atoms with Crippen molar-refractivity contribution in [2.45, 2.75) is 25.6 Å². The van der Waals surface area contributed by atoms with Gasteiger partial charge in [0.1, 0.15) is 23.7 Å². The molecule has 13 heteroatoms. The second-order valence-corrected chi connectivity index (χ2v) is 9.62. The zero-order valence-electron chi connectivity index (χ0n) is 22.1. The summed E-state index contributed by atoms with van der Waals surface area (Å²) in [7, 11) is 1.61. The first-order valence-electron chi connectivity index (χ1n) is 12.2. The van der Waals surface area contributed by atoms with Crippen molar-refractivity contribution in [1.82, 2.24) is 24.9 Å². The summed E-state index contributed by atoms with van der Waals surface area (Å²) in [5, 5.41) is 30.5. The second-order valence-electron chi connectivity index (χ2n) is 9.62. The second kappa shape index (κ2) is 11.4. The number of carbonyl (C=O) groups excluding carboxylic acids is 1. The maximum absolute atomic E-state index is 14.3. The molecule has 3 heterocycles. The topological polar surface area (TPSA) is 183 Å². The smallest absolute Gasteiger partial charge is 0.255 e. The Balaban J connectivity index is 1.71. The van der Waals surface area contributed by atoms with Crippen molar-refractivity contribution >= 4 is 34.2 Å². The largest absolute Gasteiger partial charge is 0.387 e. The van der Waals surface area contributed by atoms with Gasteiger partial charge >= 0.3 is 0 Å². The summed E-state index contributed by atoms with van der Waals surface area (Å²) < 4.78 is 16.0. The molecule has 3 aromatic heterocycles. The summed E-state index contributed by atoms with van der Waals surface area (Å²) in [6.45, 7) is 2.27. The van der Waals surface area contributed by atoms with E-state index in [0.717, 1.165) is 5.39 Å². The first kappa shape index (κ1) is 28.0. The normalized spacial score (nSPS) is 12.6. The molecule has 40 heavy (non-hydrogen) atoms. The Morgan fingerprint density at radius 1 is 1.25 bits per heavy atom. The number of hydrogen-bond donors (Lipinski definition) is 5. The van der Waals surface area contributed by atoms with Gasteiger partial charge in [-0.25, -0.2) is 20.2 Å². The predicted octanol–water partition coefficient (Wildman–Crippen LogP) is 2.30. The van der Waals surface area contributed by atoms with Crippen LogP contribution in [0.2, 0.25) is 0 Å². The molecule has 1 amide bonds. The predicted molar refractivity (Wildman–Crippen MR) is 150 cm³/mol. The highest BCUT2D eigenvalue weighted by atomic mass is 19.1. The number of amidine groups is 1. The van der Waals surface area contributed by atoms with Gasteiger partial charge in [-0.3, -0.25) is 14.4 Å². The van der Waals surface area contributed by atoms with Crippen LogP contribution >= 0.6 is 0 Å². The number of hydrogen-bond acceptors (Lipinski definition) is 9. The van der Waals surface area contributed by atoms with Crippen LogP contribution in [0.5, 0.6) is 0 Å². The van der Waals surface area contributed by atoms with Crippen molar-refractivity contribution in [2.75, 3.05) is 18.9 Å². The minimum absolute atomic E-state index is 0.151. The molecule has 1 atom stereocenters. The molecular weight excluding hydrogens is 515 g/mol. The Kier molecular flexibility index (Phi) is 7.94. The molecule has 0 bridgehead atoms. The van der Waals surface area contributed by atoms with Crippen molar-refractivity contribution < 1.29 is 14.3 Å². The zero-order chi connectivity index (χ0) is 29.0. The van der Waals surface area contributed by atoms with E-state index in [9.17, 15) is 19.6 Å². The van der Waals surface area contributed by atoms with Crippen molar-refractivity contribution in [3.05, 3.63) is 77.7 Å². The number of benzene rings is 1. The van der Waals surface area contributed by atoms with Gasteiger partial charge in [-0.05, 0) is 50.2 Å². The molecule has 0 aliphatic heterocycles. The van der Waals surface area contributed by atoms with E-state index in [1.54, 1.807) is 60.3 Å². The molecule has 0 saturated carbocycles. The van der Waals surface area contributed by atoms with E-state index in [4.69, 9.17) is 11.7 Å². The molecule has 1 unspecified atom stereocenters. The minimum Gasteiger partial charge on any atom is -0.387 e. The summed E-state index contributed by atoms with van der Waals surface area (Å²) in [6, 6.07) is 14.3. The summed E-state index contributed by atoms with van der Waals surface area (Å²) >= 11 is 0. The number of rotatable bonds is 8. The van der Waals surface area contributed by atoms with Gasteiger partial charge < -0.3 is 21.6 Å². The fraction of sp³-hybridized carbons (Fsp3) is 0.222. The molecule has 0 spiro atoms. The number of hydrazine groups is 1. The standard InChI is InChI=1S/C27H29FN10O2/c1-27(2,40)22(28)15-34-26(39)20-14-32-23(38-9-8-18-10-16(12-29)13-33-24(18)38)11-21(20)35-19-6-4-17(5-7-19)25(36-30)37(3)31/h4-11,13-14,22,40H,15,30-31H2,1-3H3,(H,32,35)(H,34,39)/b36-25-. The lowest BCUT2D eigenvalue weighted by molar-refractivity contribution is -0.00177. The van der Waals surface area contributed by atoms with E-state index < -0.39 is 17.7 Å². The van der Waals surface area contributed by atoms with Gasteiger partial charge in [-0.2, -0.15) is 10.4 Å². The number of nitrogens with two attached hydrogens (primary N) is 2. The number of aliphatic hydroxyl groups is 1. The maximum Gasteiger partial charge on any atom is 0.255 e. The molecule has 7 N–H and O–H groups in total. The fourth-order valence-corrected chi connectivity index (χ4v) is 3.89. The van der Waals surface area contributed by atoms with Crippen LogP contribution in [0, 0.1) is 11.3 Å². The molecule has 12 nitrogen and oxygen atoms in total. The first-order valence-corrected chi connectivity index (χ1v) is 12.2. The van der Waals surface area contributed by atoms with Gasteiger partial charge in [0.25, 0.3) is 5.91 Å². The number of alkyl halides is 1. The average molecular weight is 545 g/mol. The van der Waals surface area contributed by atoms with Gasteiger partial charge in [-0.1, -0.05) is 0 Å². The van der Waals surface area contributed by atoms with Crippen LogP contribution < -0.4 is 22.3 Å². The molecule has 206 valence electrons. The van der Waals surface area contributed by atoms with Crippen molar-refractivity contribution in [3.8, 4) is 11.9 Å². The number of anilines is 2. The van der Waals surface area contributed by atoms with Crippen LogP contribution in [0.1, 0.15) is 35.3 Å². The third-order valence-electron chi connectivity index (χ3n) is 6.12. The number of hydrazone groups is 1. The Morgan fingerprint density at radius 3 is 2.60 bits per heavy atom. The van der Waals surface area contributed by atoms with Crippen LogP contribution in [0.4, 0.5) is 15.8 Å². The molecule has 0 aliphatic carbocycles. The lowest BCUT2D eigenvalue weighted by Gasteiger charge is -2.22. The maximum atomic E-state index is 14.3. The molecule has 0 aliphatic rings. The number of nitrogens with zero attached hydrogens (tertiary/aromatic N) is 6. The van der Waals surface area contributed by atoms with E-state index in [2.05, 4.69) is 31.8 Å². The van der Waals surface area contributed by atoms with E-state index in [-0.39, 0.29) is 12.1 Å². The Morgan fingerprint density at radius 2 is 1.98 bits per heavy atom. The highest BCUT2D eigenvalue weighted by molar-refractivity contribution is 6.01. The zero-order valence-corrected chi connectivity index (χ0v) is 22.1. The number of amides is 1. The molecular formula is C27H29FN10O2. The van der Waals surface area contributed by atoms with Crippen molar-refractivity contribution in [3.63, 3.8) is 0 Å². The van der Waals surface area contributed by atoms with E-state index in [0.29, 0.717) is 39.8 Å². The quantitative estimate of drug-likeness (QED) is 0.0961. The number of carbonyl (C=O) groups is 1. The minimum atomic E-state index is -1.68. The Hall–Kier alpha value is -5.06. The molecule has 0 saturated heterocycles.